The number of piperidine rings is 1. The zero-order chi connectivity index (χ0) is 15.2. The Labute approximate surface area is 124 Å². The lowest BCUT2D eigenvalue weighted by Crippen LogP contribution is -2.41. The zero-order valence-electron chi connectivity index (χ0n) is 12.7. The summed E-state index contributed by atoms with van der Waals surface area (Å²) < 4.78 is 4.92. The maximum absolute atomic E-state index is 12.1. The van der Waals surface area contributed by atoms with Gasteiger partial charge in [0.25, 0.3) is 0 Å². The van der Waals surface area contributed by atoms with Crippen molar-refractivity contribution in [2.45, 2.75) is 46.0 Å². The molecular weight excluding hydrogens is 270 g/mol. The van der Waals surface area contributed by atoms with Gasteiger partial charge in [-0.05, 0) is 26.2 Å². The monoisotopic (exact) mass is 293 g/mol. The molecule has 0 spiro atoms. The second kappa shape index (κ2) is 7.24. The molecule has 0 bridgehead atoms. The SMILES string of the molecule is CCCCC(=O)N1CCC(C(=O)Nc2cc(C)on2)CC1. The fourth-order valence-corrected chi connectivity index (χ4v) is 2.53. The van der Waals surface area contributed by atoms with Gasteiger partial charge in [0.2, 0.25) is 11.8 Å². The molecule has 1 N–H and O–H groups in total. The highest BCUT2D eigenvalue weighted by Crippen LogP contribution is 2.20. The molecule has 1 aliphatic heterocycles. The number of amides is 2. The van der Waals surface area contributed by atoms with Crippen molar-refractivity contribution in [2.24, 2.45) is 5.92 Å². The minimum Gasteiger partial charge on any atom is -0.360 e. The number of aromatic nitrogens is 1. The Morgan fingerprint density at radius 3 is 2.71 bits per heavy atom. The lowest BCUT2D eigenvalue weighted by molar-refractivity contribution is -0.134. The molecule has 1 aromatic rings. The van der Waals surface area contributed by atoms with Gasteiger partial charge in [-0.1, -0.05) is 18.5 Å². The number of nitrogens with one attached hydrogen (secondary N) is 1. The normalized spacial score (nSPS) is 16.0. The van der Waals surface area contributed by atoms with Crippen LogP contribution in [0.4, 0.5) is 5.82 Å². The molecule has 0 atom stereocenters. The summed E-state index contributed by atoms with van der Waals surface area (Å²) in [6, 6.07) is 1.70. The maximum Gasteiger partial charge on any atom is 0.228 e. The number of hydrogen-bond donors (Lipinski definition) is 1. The Kier molecular flexibility index (Phi) is 5.36. The van der Waals surface area contributed by atoms with E-state index in [2.05, 4.69) is 17.4 Å². The smallest absolute Gasteiger partial charge is 0.228 e. The van der Waals surface area contributed by atoms with E-state index in [1.165, 1.54) is 0 Å². The number of hydrogen-bond acceptors (Lipinski definition) is 4. The van der Waals surface area contributed by atoms with E-state index < -0.39 is 0 Å². The number of carbonyl (C=O) groups excluding carboxylic acids is 2. The molecule has 0 radical (unpaired) electrons. The van der Waals surface area contributed by atoms with Crippen LogP contribution in [0.15, 0.2) is 10.6 Å². The summed E-state index contributed by atoms with van der Waals surface area (Å²) in [6.45, 7) is 5.19. The third-order valence-corrected chi connectivity index (χ3v) is 3.84. The predicted octanol–water partition coefficient (Wildman–Crippen LogP) is 2.35. The Morgan fingerprint density at radius 1 is 1.43 bits per heavy atom. The van der Waals surface area contributed by atoms with Gasteiger partial charge in [-0.15, -0.1) is 0 Å². The quantitative estimate of drug-likeness (QED) is 0.904. The minimum absolute atomic E-state index is 0.0380. The van der Waals surface area contributed by atoms with Crippen molar-refractivity contribution in [3.63, 3.8) is 0 Å². The first-order valence-corrected chi connectivity index (χ1v) is 7.62. The molecular formula is C15H23N3O3. The summed E-state index contributed by atoms with van der Waals surface area (Å²) in [5, 5.41) is 6.52. The van der Waals surface area contributed by atoms with Gasteiger partial charge in [0, 0.05) is 31.5 Å². The fourth-order valence-electron chi connectivity index (χ4n) is 2.53. The van der Waals surface area contributed by atoms with E-state index in [4.69, 9.17) is 4.52 Å². The van der Waals surface area contributed by atoms with Gasteiger partial charge < -0.3 is 14.7 Å². The number of rotatable bonds is 5. The number of likely N-dealkylation sites (tertiary alicyclic amines) is 1. The highest BCUT2D eigenvalue weighted by molar-refractivity contribution is 5.91. The van der Waals surface area contributed by atoms with Crippen molar-refractivity contribution in [3.05, 3.63) is 11.8 Å². The summed E-state index contributed by atoms with van der Waals surface area (Å²) in [5.41, 5.74) is 0. The average molecular weight is 293 g/mol. The van der Waals surface area contributed by atoms with Crippen LogP contribution in [0.2, 0.25) is 0 Å². The van der Waals surface area contributed by atoms with E-state index in [0.717, 1.165) is 12.8 Å². The lowest BCUT2D eigenvalue weighted by Gasteiger charge is -2.31. The van der Waals surface area contributed by atoms with Crippen molar-refractivity contribution in [1.82, 2.24) is 10.1 Å². The molecule has 2 heterocycles. The van der Waals surface area contributed by atoms with E-state index in [9.17, 15) is 9.59 Å². The molecule has 6 heteroatoms. The first kappa shape index (κ1) is 15.5. The Hall–Kier alpha value is -1.85. The number of aryl methyl sites for hydroxylation is 1. The molecule has 0 saturated carbocycles. The summed E-state index contributed by atoms with van der Waals surface area (Å²) in [4.78, 5) is 25.9. The second-order valence-corrected chi connectivity index (χ2v) is 5.57. The second-order valence-electron chi connectivity index (χ2n) is 5.57. The van der Waals surface area contributed by atoms with Gasteiger partial charge >= 0.3 is 0 Å². The molecule has 21 heavy (non-hydrogen) atoms. The van der Waals surface area contributed by atoms with E-state index in [0.29, 0.717) is 43.9 Å². The van der Waals surface area contributed by atoms with Gasteiger partial charge in [-0.2, -0.15) is 0 Å². The topological polar surface area (TPSA) is 75.4 Å². The van der Waals surface area contributed by atoms with Crippen LogP contribution in [0.3, 0.4) is 0 Å². The van der Waals surface area contributed by atoms with Crippen LogP contribution in [0.5, 0.6) is 0 Å². The van der Waals surface area contributed by atoms with Crippen LogP contribution in [0, 0.1) is 12.8 Å². The standard InChI is InChI=1S/C15H23N3O3/c1-3-4-5-14(19)18-8-6-12(7-9-18)15(20)16-13-10-11(2)21-17-13/h10,12H,3-9H2,1-2H3,(H,16,17,20). The van der Waals surface area contributed by atoms with Gasteiger partial charge in [-0.3, -0.25) is 9.59 Å². The van der Waals surface area contributed by atoms with Crippen LogP contribution < -0.4 is 5.32 Å². The van der Waals surface area contributed by atoms with Crippen LogP contribution in [-0.2, 0) is 9.59 Å². The van der Waals surface area contributed by atoms with E-state index in [-0.39, 0.29) is 17.7 Å². The van der Waals surface area contributed by atoms with Gasteiger partial charge in [0.05, 0.1) is 0 Å². The highest BCUT2D eigenvalue weighted by atomic mass is 16.5. The summed E-state index contributed by atoms with van der Waals surface area (Å²) in [5.74, 6) is 1.24. The van der Waals surface area contributed by atoms with E-state index in [1.54, 1.807) is 13.0 Å². The first-order valence-electron chi connectivity index (χ1n) is 7.62. The molecule has 116 valence electrons. The zero-order valence-corrected chi connectivity index (χ0v) is 12.7. The molecule has 0 unspecified atom stereocenters. The first-order chi connectivity index (χ1) is 10.1. The van der Waals surface area contributed by atoms with Crippen molar-refractivity contribution in [1.29, 1.82) is 0 Å². The molecule has 6 nitrogen and oxygen atoms in total. The van der Waals surface area contributed by atoms with Gasteiger partial charge in [-0.25, -0.2) is 0 Å². The fraction of sp³-hybridized carbons (Fsp3) is 0.667. The van der Waals surface area contributed by atoms with Crippen LogP contribution in [0.25, 0.3) is 0 Å². The summed E-state index contributed by atoms with van der Waals surface area (Å²) in [7, 11) is 0. The third-order valence-electron chi connectivity index (χ3n) is 3.84. The molecule has 1 aromatic heterocycles. The molecule has 2 rings (SSSR count). The van der Waals surface area contributed by atoms with E-state index in [1.807, 2.05) is 4.90 Å². The Morgan fingerprint density at radius 2 is 2.14 bits per heavy atom. The molecule has 1 aliphatic rings. The Bertz CT molecular complexity index is 490. The molecule has 0 aliphatic carbocycles. The third kappa shape index (κ3) is 4.31. The van der Waals surface area contributed by atoms with Crippen molar-refractivity contribution < 1.29 is 14.1 Å². The number of nitrogens with zero attached hydrogens (tertiary/aromatic N) is 2. The molecule has 0 aromatic carbocycles. The molecule has 2 amide bonds. The van der Waals surface area contributed by atoms with Crippen molar-refractivity contribution in [2.75, 3.05) is 18.4 Å². The summed E-state index contributed by atoms with van der Waals surface area (Å²) in [6.07, 6.45) is 4.00. The van der Waals surface area contributed by atoms with Crippen LogP contribution >= 0.6 is 0 Å². The maximum atomic E-state index is 12.1. The molecule has 1 saturated heterocycles. The number of unbranched alkanes of at least 4 members (excludes halogenated alkanes) is 1. The summed E-state index contributed by atoms with van der Waals surface area (Å²) >= 11 is 0. The Balaban J connectivity index is 1.78. The highest BCUT2D eigenvalue weighted by Gasteiger charge is 2.27. The minimum atomic E-state index is -0.0581. The number of anilines is 1. The van der Waals surface area contributed by atoms with Crippen LogP contribution in [0.1, 0.15) is 44.8 Å². The molecule has 1 fully saturated rings. The van der Waals surface area contributed by atoms with Gasteiger partial charge in [0.15, 0.2) is 5.82 Å². The van der Waals surface area contributed by atoms with Crippen molar-refractivity contribution in [3.8, 4) is 0 Å². The largest absolute Gasteiger partial charge is 0.360 e. The predicted molar refractivity (Wildman–Crippen MR) is 78.7 cm³/mol. The lowest BCUT2D eigenvalue weighted by atomic mass is 9.95. The van der Waals surface area contributed by atoms with E-state index >= 15 is 0 Å². The van der Waals surface area contributed by atoms with Gasteiger partial charge in [0.1, 0.15) is 5.76 Å². The number of carbonyl (C=O) groups is 2. The van der Waals surface area contributed by atoms with Crippen LogP contribution in [-0.4, -0.2) is 35.0 Å². The van der Waals surface area contributed by atoms with Crippen molar-refractivity contribution >= 4 is 17.6 Å². The average Bonchev–Trinajstić information content (AvgIpc) is 2.90.